The highest BCUT2D eigenvalue weighted by Crippen LogP contribution is 2.40. The van der Waals surface area contributed by atoms with Crippen molar-refractivity contribution in [3.8, 4) is 5.75 Å². The Labute approximate surface area is 203 Å². The van der Waals surface area contributed by atoms with Gasteiger partial charge in [0, 0.05) is 40.1 Å². The monoisotopic (exact) mass is 538 g/mol. The molecular weight excluding hydrogens is 503 g/mol. The number of guanidine groups is 1. The SMILES string of the molecule is CN=C(NCc1ccc(OCc2ccccn2)cc1)NCC1(CCOC)CCCC1.I. The van der Waals surface area contributed by atoms with Gasteiger partial charge in [0.1, 0.15) is 12.4 Å². The smallest absolute Gasteiger partial charge is 0.191 e. The minimum Gasteiger partial charge on any atom is -0.487 e. The van der Waals surface area contributed by atoms with Crippen LogP contribution < -0.4 is 15.4 Å². The Morgan fingerprint density at radius 3 is 2.52 bits per heavy atom. The quantitative estimate of drug-likeness (QED) is 0.264. The van der Waals surface area contributed by atoms with Gasteiger partial charge in [0.25, 0.3) is 0 Å². The molecule has 1 aliphatic carbocycles. The molecule has 3 rings (SSSR count). The highest BCUT2D eigenvalue weighted by atomic mass is 127. The number of methoxy groups -OCH3 is 1. The van der Waals surface area contributed by atoms with E-state index in [1.807, 2.05) is 37.4 Å². The molecular formula is C24H35IN4O2. The van der Waals surface area contributed by atoms with Crippen molar-refractivity contribution in [2.75, 3.05) is 27.3 Å². The first-order chi connectivity index (χ1) is 14.7. The van der Waals surface area contributed by atoms with Crippen LogP contribution in [0.25, 0.3) is 0 Å². The summed E-state index contributed by atoms with van der Waals surface area (Å²) < 4.78 is 11.1. The van der Waals surface area contributed by atoms with Crippen LogP contribution in [0.15, 0.2) is 53.7 Å². The van der Waals surface area contributed by atoms with E-state index >= 15 is 0 Å². The highest BCUT2D eigenvalue weighted by molar-refractivity contribution is 14.0. The molecule has 2 N–H and O–H groups in total. The molecule has 0 aliphatic heterocycles. The minimum absolute atomic E-state index is 0. The number of nitrogens with zero attached hydrogens (tertiary/aromatic N) is 2. The number of halogens is 1. The van der Waals surface area contributed by atoms with Crippen molar-refractivity contribution < 1.29 is 9.47 Å². The maximum Gasteiger partial charge on any atom is 0.191 e. The summed E-state index contributed by atoms with van der Waals surface area (Å²) >= 11 is 0. The zero-order valence-corrected chi connectivity index (χ0v) is 20.9. The normalized spacial score (nSPS) is 15.2. The average molecular weight is 538 g/mol. The molecule has 0 spiro atoms. The predicted octanol–water partition coefficient (Wildman–Crippen LogP) is 4.54. The topological polar surface area (TPSA) is 67.8 Å². The molecule has 1 aromatic carbocycles. The molecule has 0 radical (unpaired) electrons. The molecule has 31 heavy (non-hydrogen) atoms. The molecule has 1 aliphatic rings. The second-order valence-corrected chi connectivity index (χ2v) is 7.98. The van der Waals surface area contributed by atoms with Crippen LogP contribution in [0.2, 0.25) is 0 Å². The third kappa shape index (κ3) is 8.29. The number of hydrogen-bond donors (Lipinski definition) is 2. The van der Waals surface area contributed by atoms with Gasteiger partial charge in [-0.2, -0.15) is 0 Å². The van der Waals surface area contributed by atoms with E-state index in [4.69, 9.17) is 9.47 Å². The molecule has 0 amide bonds. The number of rotatable bonds is 10. The number of aromatic nitrogens is 1. The van der Waals surface area contributed by atoms with Gasteiger partial charge in [-0.05, 0) is 54.5 Å². The zero-order chi connectivity index (χ0) is 21.1. The number of aliphatic imine (C=N–C) groups is 1. The summed E-state index contributed by atoms with van der Waals surface area (Å²) in [5.41, 5.74) is 2.43. The molecule has 1 fully saturated rings. The van der Waals surface area contributed by atoms with Gasteiger partial charge >= 0.3 is 0 Å². The Bertz CT molecular complexity index is 778. The van der Waals surface area contributed by atoms with Gasteiger partial charge in [-0.3, -0.25) is 9.98 Å². The molecule has 170 valence electrons. The summed E-state index contributed by atoms with van der Waals surface area (Å²) in [5.74, 6) is 1.68. The highest BCUT2D eigenvalue weighted by Gasteiger charge is 2.33. The lowest BCUT2D eigenvalue weighted by atomic mass is 9.83. The van der Waals surface area contributed by atoms with Crippen molar-refractivity contribution >= 4 is 29.9 Å². The molecule has 0 atom stereocenters. The van der Waals surface area contributed by atoms with Crippen LogP contribution in [0, 0.1) is 5.41 Å². The predicted molar refractivity (Wildman–Crippen MR) is 136 cm³/mol. The van der Waals surface area contributed by atoms with Crippen molar-refractivity contribution in [1.82, 2.24) is 15.6 Å². The summed E-state index contributed by atoms with van der Waals surface area (Å²) in [6.45, 7) is 2.95. The molecule has 1 saturated carbocycles. The van der Waals surface area contributed by atoms with Gasteiger partial charge < -0.3 is 20.1 Å². The lowest BCUT2D eigenvalue weighted by Gasteiger charge is -2.30. The summed E-state index contributed by atoms with van der Waals surface area (Å²) in [7, 11) is 3.60. The number of benzene rings is 1. The van der Waals surface area contributed by atoms with Gasteiger partial charge in [-0.15, -0.1) is 24.0 Å². The van der Waals surface area contributed by atoms with Crippen LogP contribution in [0.1, 0.15) is 43.4 Å². The largest absolute Gasteiger partial charge is 0.487 e. The van der Waals surface area contributed by atoms with E-state index in [2.05, 4.69) is 32.7 Å². The van der Waals surface area contributed by atoms with Gasteiger partial charge in [0.2, 0.25) is 0 Å². The van der Waals surface area contributed by atoms with Crippen LogP contribution in [-0.2, 0) is 17.9 Å². The number of nitrogens with one attached hydrogen (secondary N) is 2. The van der Waals surface area contributed by atoms with Crippen molar-refractivity contribution in [1.29, 1.82) is 0 Å². The molecule has 2 aromatic rings. The fourth-order valence-electron chi connectivity index (χ4n) is 3.98. The summed E-state index contributed by atoms with van der Waals surface area (Å²) in [6, 6.07) is 14.0. The Hall–Kier alpha value is -1.87. The minimum atomic E-state index is 0. The van der Waals surface area contributed by atoms with Gasteiger partial charge in [0.05, 0.1) is 5.69 Å². The van der Waals surface area contributed by atoms with Crippen molar-refractivity contribution in [2.45, 2.75) is 45.3 Å². The van der Waals surface area contributed by atoms with Crippen molar-refractivity contribution in [3.63, 3.8) is 0 Å². The Morgan fingerprint density at radius 2 is 1.87 bits per heavy atom. The Balaban J connectivity index is 0.00000341. The zero-order valence-electron chi connectivity index (χ0n) is 18.6. The summed E-state index contributed by atoms with van der Waals surface area (Å²) in [4.78, 5) is 8.66. The first-order valence-corrected chi connectivity index (χ1v) is 10.8. The molecule has 0 unspecified atom stereocenters. The third-order valence-corrected chi connectivity index (χ3v) is 5.85. The number of pyridine rings is 1. The van der Waals surface area contributed by atoms with Crippen LogP contribution in [0.5, 0.6) is 5.75 Å². The number of hydrogen-bond acceptors (Lipinski definition) is 4. The molecule has 0 bridgehead atoms. The van der Waals surface area contributed by atoms with E-state index in [0.29, 0.717) is 18.6 Å². The standard InChI is InChI=1S/C24H34N4O2.HI/c1-25-23(28-19-24(14-16-29-2)12-4-5-13-24)27-17-20-8-10-22(11-9-20)30-18-21-7-3-6-15-26-21;/h3,6-11,15H,4-5,12-14,16-19H2,1-2H3,(H2,25,27,28);1H. The molecule has 0 saturated heterocycles. The van der Waals surface area contributed by atoms with E-state index in [-0.39, 0.29) is 24.0 Å². The van der Waals surface area contributed by atoms with E-state index in [9.17, 15) is 0 Å². The summed E-state index contributed by atoms with van der Waals surface area (Å²) in [6.07, 6.45) is 8.03. The van der Waals surface area contributed by atoms with Crippen LogP contribution in [-0.4, -0.2) is 38.3 Å². The van der Waals surface area contributed by atoms with Gasteiger partial charge in [-0.25, -0.2) is 0 Å². The Morgan fingerprint density at radius 1 is 1.10 bits per heavy atom. The Kier molecular flexibility index (Phi) is 11.1. The first-order valence-electron chi connectivity index (χ1n) is 10.8. The fraction of sp³-hybridized carbons (Fsp3) is 0.500. The third-order valence-electron chi connectivity index (χ3n) is 5.85. The van der Waals surface area contributed by atoms with E-state index < -0.39 is 0 Å². The second kappa shape index (κ2) is 13.5. The van der Waals surface area contributed by atoms with Gasteiger partial charge in [-0.1, -0.05) is 31.0 Å². The second-order valence-electron chi connectivity index (χ2n) is 7.98. The van der Waals surface area contributed by atoms with E-state index in [0.717, 1.165) is 37.0 Å². The van der Waals surface area contributed by atoms with Crippen LogP contribution in [0.3, 0.4) is 0 Å². The number of ether oxygens (including phenoxy) is 2. The molecule has 1 heterocycles. The fourth-order valence-corrected chi connectivity index (χ4v) is 3.98. The maximum absolute atomic E-state index is 5.80. The van der Waals surface area contributed by atoms with E-state index in [1.165, 1.54) is 31.2 Å². The van der Waals surface area contributed by atoms with E-state index in [1.54, 1.807) is 13.3 Å². The molecule has 1 aromatic heterocycles. The van der Waals surface area contributed by atoms with Crippen molar-refractivity contribution in [3.05, 3.63) is 59.9 Å². The lowest BCUT2D eigenvalue weighted by molar-refractivity contribution is 0.138. The summed E-state index contributed by atoms with van der Waals surface area (Å²) in [5, 5.41) is 6.95. The first kappa shape index (κ1) is 25.4. The van der Waals surface area contributed by atoms with Crippen LogP contribution >= 0.6 is 24.0 Å². The molecule has 6 nitrogen and oxygen atoms in total. The van der Waals surface area contributed by atoms with Crippen molar-refractivity contribution in [2.24, 2.45) is 10.4 Å². The van der Waals surface area contributed by atoms with Crippen LogP contribution in [0.4, 0.5) is 0 Å². The maximum atomic E-state index is 5.80. The average Bonchev–Trinajstić information content (AvgIpc) is 3.27. The lowest BCUT2D eigenvalue weighted by Crippen LogP contribution is -2.43. The molecule has 7 heteroatoms. The van der Waals surface area contributed by atoms with Gasteiger partial charge in [0.15, 0.2) is 5.96 Å².